The van der Waals surface area contributed by atoms with E-state index in [9.17, 15) is 19.5 Å². The number of phenolic OH excluding ortho intramolecular Hbond substituents is 1. The van der Waals surface area contributed by atoms with Crippen LogP contribution in [0.25, 0.3) is 0 Å². The average Bonchev–Trinajstić information content (AvgIpc) is 2.74. The number of hydrogen-bond donors (Lipinski definition) is 3. The van der Waals surface area contributed by atoms with Crippen LogP contribution in [0.1, 0.15) is 44.4 Å². The van der Waals surface area contributed by atoms with Crippen molar-refractivity contribution in [2.75, 3.05) is 0 Å². The van der Waals surface area contributed by atoms with Gasteiger partial charge in [-0.15, -0.1) is 0 Å². The molecule has 2 amide bonds. The summed E-state index contributed by atoms with van der Waals surface area (Å²) in [5, 5.41) is 15.2. The Labute approximate surface area is 190 Å². The number of nitrogens with one attached hydrogen (secondary N) is 2. The lowest BCUT2D eigenvalue weighted by molar-refractivity contribution is -0.133. The summed E-state index contributed by atoms with van der Waals surface area (Å²) < 4.78 is 0. The standard InChI is InChI=1S/C26H34N2O4/c1-16(2)24(30)22(14-19-8-6-18(5)7-9-19)27-26(32)23(28-25(31)17(3)4)15-20-10-12-21(29)13-11-20/h6-13,16-17,22-23,29H,14-15H2,1-5H3,(H,27,32)(H,28,31)/t22-,23-/m0/s1. The fraction of sp³-hybridized carbons (Fsp3) is 0.423. The minimum absolute atomic E-state index is 0.0579. The maximum absolute atomic E-state index is 13.2. The predicted molar refractivity (Wildman–Crippen MR) is 125 cm³/mol. The molecule has 0 radical (unpaired) electrons. The van der Waals surface area contributed by atoms with Crippen molar-refractivity contribution in [1.29, 1.82) is 0 Å². The number of ketones is 1. The van der Waals surface area contributed by atoms with Crippen LogP contribution in [0, 0.1) is 18.8 Å². The van der Waals surface area contributed by atoms with E-state index in [2.05, 4.69) is 10.6 Å². The van der Waals surface area contributed by atoms with Gasteiger partial charge in [0.15, 0.2) is 5.78 Å². The summed E-state index contributed by atoms with van der Waals surface area (Å²) in [6.07, 6.45) is 0.630. The van der Waals surface area contributed by atoms with Crippen molar-refractivity contribution in [2.45, 2.75) is 59.5 Å². The zero-order chi connectivity index (χ0) is 23.8. The Morgan fingerprint density at radius 2 is 1.19 bits per heavy atom. The Balaban J connectivity index is 2.24. The third-order valence-corrected chi connectivity index (χ3v) is 5.32. The summed E-state index contributed by atoms with van der Waals surface area (Å²) in [6, 6.07) is 12.8. The van der Waals surface area contributed by atoms with Gasteiger partial charge >= 0.3 is 0 Å². The van der Waals surface area contributed by atoms with Gasteiger partial charge in [-0.05, 0) is 36.6 Å². The van der Waals surface area contributed by atoms with E-state index in [4.69, 9.17) is 0 Å². The molecule has 2 aromatic carbocycles. The minimum atomic E-state index is -0.838. The Hall–Kier alpha value is -3.15. The molecule has 172 valence electrons. The molecule has 2 rings (SSSR count). The zero-order valence-corrected chi connectivity index (χ0v) is 19.5. The highest BCUT2D eigenvalue weighted by molar-refractivity contribution is 5.94. The normalized spacial score (nSPS) is 13.0. The van der Waals surface area contributed by atoms with Crippen LogP contribution < -0.4 is 10.6 Å². The molecule has 0 spiro atoms. The van der Waals surface area contributed by atoms with Crippen LogP contribution in [0.5, 0.6) is 5.75 Å². The summed E-state index contributed by atoms with van der Waals surface area (Å²) in [6.45, 7) is 9.13. The van der Waals surface area contributed by atoms with E-state index >= 15 is 0 Å². The Morgan fingerprint density at radius 1 is 0.719 bits per heavy atom. The first kappa shape index (κ1) is 25.1. The molecule has 0 aromatic heterocycles. The highest BCUT2D eigenvalue weighted by atomic mass is 16.3. The van der Waals surface area contributed by atoms with Gasteiger partial charge in [0.05, 0.1) is 6.04 Å². The summed E-state index contributed by atoms with van der Waals surface area (Å²) in [5.41, 5.74) is 2.86. The smallest absolute Gasteiger partial charge is 0.243 e. The lowest BCUT2D eigenvalue weighted by atomic mass is 9.94. The van der Waals surface area contributed by atoms with Crippen molar-refractivity contribution in [3.8, 4) is 5.75 Å². The van der Waals surface area contributed by atoms with Crippen molar-refractivity contribution < 1.29 is 19.5 Å². The molecule has 32 heavy (non-hydrogen) atoms. The van der Waals surface area contributed by atoms with Crippen LogP contribution in [-0.4, -0.2) is 34.8 Å². The van der Waals surface area contributed by atoms with Crippen LogP contribution in [0.15, 0.2) is 48.5 Å². The molecule has 0 aliphatic rings. The maximum atomic E-state index is 13.2. The summed E-state index contributed by atoms with van der Waals surface area (Å²) >= 11 is 0. The Bertz CT molecular complexity index is 918. The number of carbonyl (C=O) groups excluding carboxylic acids is 3. The van der Waals surface area contributed by atoms with Crippen LogP contribution in [0.4, 0.5) is 0 Å². The fourth-order valence-corrected chi connectivity index (χ4v) is 3.27. The van der Waals surface area contributed by atoms with Crippen molar-refractivity contribution >= 4 is 17.6 Å². The van der Waals surface area contributed by atoms with Gasteiger partial charge in [-0.1, -0.05) is 69.7 Å². The first-order valence-electron chi connectivity index (χ1n) is 11.0. The van der Waals surface area contributed by atoms with Crippen molar-refractivity contribution in [3.05, 3.63) is 65.2 Å². The Morgan fingerprint density at radius 3 is 1.69 bits per heavy atom. The highest BCUT2D eigenvalue weighted by Gasteiger charge is 2.28. The van der Waals surface area contributed by atoms with Gasteiger partial charge in [0, 0.05) is 18.3 Å². The molecule has 0 aliphatic heterocycles. The highest BCUT2D eigenvalue weighted by Crippen LogP contribution is 2.14. The number of benzene rings is 2. The number of Topliss-reactive ketones (excluding diaryl/α,β-unsaturated/α-hetero) is 1. The zero-order valence-electron chi connectivity index (χ0n) is 19.5. The lowest BCUT2D eigenvalue weighted by Crippen LogP contribution is -2.54. The molecule has 0 aliphatic carbocycles. The van der Waals surface area contributed by atoms with E-state index in [1.165, 1.54) is 12.1 Å². The third kappa shape index (κ3) is 7.52. The second-order valence-corrected chi connectivity index (χ2v) is 8.89. The van der Waals surface area contributed by atoms with E-state index in [0.29, 0.717) is 6.42 Å². The molecule has 0 saturated heterocycles. The molecule has 6 heteroatoms. The van der Waals surface area contributed by atoms with Gasteiger partial charge in [-0.2, -0.15) is 0 Å². The van der Waals surface area contributed by atoms with Gasteiger partial charge in [-0.25, -0.2) is 0 Å². The molecule has 2 aromatic rings. The average molecular weight is 439 g/mol. The molecule has 0 fully saturated rings. The number of rotatable bonds is 10. The van der Waals surface area contributed by atoms with Gasteiger partial charge in [-0.3, -0.25) is 14.4 Å². The first-order chi connectivity index (χ1) is 15.1. The second-order valence-electron chi connectivity index (χ2n) is 8.89. The molecule has 0 saturated carbocycles. The van der Waals surface area contributed by atoms with E-state index in [-0.39, 0.29) is 35.7 Å². The summed E-state index contributed by atoms with van der Waals surface area (Å²) in [4.78, 5) is 38.5. The van der Waals surface area contributed by atoms with Gasteiger partial charge in [0.25, 0.3) is 0 Å². The maximum Gasteiger partial charge on any atom is 0.243 e. The van der Waals surface area contributed by atoms with Gasteiger partial charge < -0.3 is 15.7 Å². The van der Waals surface area contributed by atoms with Crippen LogP contribution in [-0.2, 0) is 27.2 Å². The second kappa shape index (κ2) is 11.5. The fourth-order valence-electron chi connectivity index (χ4n) is 3.27. The lowest BCUT2D eigenvalue weighted by Gasteiger charge is -2.25. The summed E-state index contributed by atoms with van der Waals surface area (Å²) in [7, 11) is 0. The third-order valence-electron chi connectivity index (χ3n) is 5.32. The molecular formula is C26H34N2O4. The van der Waals surface area contributed by atoms with Crippen LogP contribution >= 0.6 is 0 Å². The Kier molecular flexibility index (Phi) is 9.00. The van der Waals surface area contributed by atoms with Crippen molar-refractivity contribution in [3.63, 3.8) is 0 Å². The number of aryl methyl sites for hydroxylation is 1. The van der Waals surface area contributed by atoms with Gasteiger partial charge in [0.1, 0.15) is 11.8 Å². The monoisotopic (exact) mass is 438 g/mol. The SMILES string of the molecule is Cc1ccc(C[C@H](NC(=O)[C@H](Cc2ccc(O)cc2)NC(=O)C(C)C)C(=O)C(C)C)cc1. The summed E-state index contributed by atoms with van der Waals surface area (Å²) in [5.74, 6) is -1.11. The molecule has 0 bridgehead atoms. The number of aromatic hydroxyl groups is 1. The molecule has 6 nitrogen and oxygen atoms in total. The van der Waals surface area contributed by atoms with Crippen LogP contribution in [0.2, 0.25) is 0 Å². The molecule has 0 heterocycles. The topological polar surface area (TPSA) is 95.5 Å². The quantitative estimate of drug-likeness (QED) is 0.530. The number of amides is 2. The van der Waals surface area contributed by atoms with E-state index in [1.807, 2.05) is 45.0 Å². The molecule has 3 N–H and O–H groups in total. The van der Waals surface area contributed by atoms with Crippen molar-refractivity contribution in [1.82, 2.24) is 10.6 Å². The van der Waals surface area contributed by atoms with E-state index in [1.54, 1.807) is 26.0 Å². The minimum Gasteiger partial charge on any atom is -0.508 e. The number of hydrogen-bond acceptors (Lipinski definition) is 4. The largest absolute Gasteiger partial charge is 0.508 e. The molecule has 2 atom stereocenters. The molecule has 0 unspecified atom stereocenters. The first-order valence-corrected chi connectivity index (χ1v) is 11.0. The van der Waals surface area contributed by atoms with Crippen LogP contribution in [0.3, 0.4) is 0 Å². The number of carbonyl (C=O) groups is 3. The van der Waals surface area contributed by atoms with E-state index in [0.717, 1.165) is 16.7 Å². The van der Waals surface area contributed by atoms with Gasteiger partial charge in [0.2, 0.25) is 11.8 Å². The predicted octanol–water partition coefficient (Wildman–Crippen LogP) is 3.34. The van der Waals surface area contributed by atoms with E-state index < -0.39 is 18.0 Å². The van der Waals surface area contributed by atoms with Crippen molar-refractivity contribution in [2.24, 2.45) is 11.8 Å². The molecular weight excluding hydrogens is 404 g/mol. The number of phenols is 1.